The van der Waals surface area contributed by atoms with E-state index in [0.29, 0.717) is 17.1 Å². The van der Waals surface area contributed by atoms with E-state index in [-0.39, 0.29) is 0 Å². The van der Waals surface area contributed by atoms with Crippen LogP contribution in [0.15, 0.2) is 12.1 Å². The number of benzene rings is 1. The van der Waals surface area contributed by atoms with Crippen molar-refractivity contribution in [2.75, 3.05) is 35.4 Å². The van der Waals surface area contributed by atoms with Crippen LogP contribution in [0, 0.1) is 11.3 Å². The van der Waals surface area contributed by atoms with E-state index in [1.165, 1.54) is 22.5 Å². The van der Waals surface area contributed by atoms with Crippen molar-refractivity contribution < 1.29 is 9.47 Å². The van der Waals surface area contributed by atoms with Gasteiger partial charge in [-0.2, -0.15) is 0 Å². The van der Waals surface area contributed by atoms with Crippen LogP contribution in [0.25, 0.3) is 0 Å². The van der Waals surface area contributed by atoms with Crippen molar-refractivity contribution in [2.24, 2.45) is 0 Å². The third-order valence-electron chi connectivity index (χ3n) is 1.66. The Bertz CT molecular complexity index is 397. The molecule has 1 aromatic rings. The molecule has 0 aliphatic heterocycles. The SMILES string of the molecule is CN(C)C.COc1cc[c]([Sn])c(OC)c1C#N. The third kappa shape index (κ3) is 5.28. The molecule has 91 valence electrons. The standard InChI is InChI=1S/C9H8NO2.C3H9N.Sn/c1-11-8-4-3-5-9(12-2)7(8)6-10;1-4(2)3;/h3-4H,1-2H3;1-3H3;. The van der Waals surface area contributed by atoms with Gasteiger partial charge in [0, 0.05) is 0 Å². The van der Waals surface area contributed by atoms with Gasteiger partial charge in [0.1, 0.15) is 0 Å². The van der Waals surface area contributed by atoms with Gasteiger partial charge in [-0.3, -0.25) is 0 Å². The Morgan fingerprint density at radius 1 is 1.18 bits per heavy atom. The average molecular weight is 340 g/mol. The summed E-state index contributed by atoms with van der Waals surface area (Å²) in [6.45, 7) is 0. The van der Waals surface area contributed by atoms with Crippen molar-refractivity contribution in [1.29, 1.82) is 5.26 Å². The van der Waals surface area contributed by atoms with E-state index in [4.69, 9.17) is 14.7 Å². The van der Waals surface area contributed by atoms with E-state index in [2.05, 4.69) is 6.07 Å². The second-order valence-corrected chi connectivity index (χ2v) is 5.21. The molecule has 0 N–H and O–H groups in total. The van der Waals surface area contributed by atoms with Gasteiger partial charge in [-0.05, 0) is 21.1 Å². The van der Waals surface area contributed by atoms with Gasteiger partial charge in [-0.15, -0.1) is 0 Å². The van der Waals surface area contributed by atoms with Gasteiger partial charge in [0.25, 0.3) is 0 Å². The molecular formula is C12H17N2O2Sn. The summed E-state index contributed by atoms with van der Waals surface area (Å²) in [5, 5.41) is 8.89. The second-order valence-electron chi connectivity index (χ2n) is 3.68. The Morgan fingerprint density at radius 2 is 1.71 bits per heavy atom. The fourth-order valence-electron chi connectivity index (χ4n) is 1.05. The summed E-state index contributed by atoms with van der Waals surface area (Å²) in [7, 11) is 9.10. The maximum absolute atomic E-state index is 8.89. The molecule has 3 radical (unpaired) electrons. The number of ether oxygens (including phenoxy) is 2. The molecule has 1 rings (SSSR count). The Labute approximate surface area is 116 Å². The molecule has 0 bridgehead atoms. The molecule has 0 unspecified atom stereocenters. The van der Waals surface area contributed by atoms with Crippen LogP contribution >= 0.6 is 0 Å². The molecule has 0 aliphatic carbocycles. The number of hydrogen-bond donors (Lipinski definition) is 0. The molecule has 0 spiro atoms. The topological polar surface area (TPSA) is 45.5 Å². The summed E-state index contributed by atoms with van der Waals surface area (Å²) < 4.78 is 11.2. The van der Waals surface area contributed by atoms with Gasteiger partial charge in [0.2, 0.25) is 0 Å². The predicted molar refractivity (Wildman–Crippen MR) is 69.3 cm³/mol. The van der Waals surface area contributed by atoms with Gasteiger partial charge in [0.15, 0.2) is 0 Å². The van der Waals surface area contributed by atoms with Gasteiger partial charge < -0.3 is 4.90 Å². The Hall–Kier alpha value is -0.931. The zero-order chi connectivity index (χ0) is 13.4. The van der Waals surface area contributed by atoms with Crippen LogP contribution in [0.2, 0.25) is 0 Å². The summed E-state index contributed by atoms with van der Waals surface area (Å²) in [6.07, 6.45) is 0. The Kier molecular flexibility index (Phi) is 7.75. The molecule has 0 fully saturated rings. The van der Waals surface area contributed by atoms with Gasteiger partial charge in [-0.1, -0.05) is 0 Å². The zero-order valence-electron chi connectivity index (χ0n) is 10.9. The normalized spacial score (nSPS) is 9.06. The zero-order valence-corrected chi connectivity index (χ0v) is 13.7. The van der Waals surface area contributed by atoms with E-state index in [9.17, 15) is 0 Å². The quantitative estimate of drug-likeness (QED) is 0.738. The van der Waals surface area contributed by atoms with E-state index in [1.807, 2.05) is 32.1 Å². The number of rotatable bonds is 2. The molecule has 4 nitrogen and oxygen atoms in total. The minimum atomic E-state index is 0.472. The summed E-state index contributed by atoms with van der Waals surface area (Å²) in [5.41, 5.74) is 0.472. The van der Waals surface area contributed by atoms with Crippen molar-refractivity contribution in [2.45, 2.75) is 0 Å². The first-order valence-electron chi connectivity index (χ1n) is 4.95. The fraction of sp³-hybridized carbons (Fsp3) is 0.417. The van der Waals surface area contributed by atoms with Crippen molar-refractivity contribution in [3.63, 3.8) is 0 Å². The summed E-state index contributed by atoms with van der Waals surface area (Å²) in [5.74, 6) is 1.19. The number of hydrogen-bond acceptors (Lipinski definition) is 4. The first-order valence-corrected chi connectivity index (χ1v) is 6.38. The summed E-state index contributed by atoms with van der Waals surface area (Å²) in [6, 6.07) is 5.75. The van der Waals surface area contributed by atoms with Gasteiger partial charge in [-0.25, -0.2) is 0 Å². The third-order valence-corrected chi connectivity index (χ3v) is 2.78. The first-order chi connectivity index (χ1) is 7.97. The predicted octanol–water partition coefficient (Wildman–Crippen LogP) is 0.547. The molecule has 1 aromatic carbocycles. The van der Waals surface area contributed by atoms with Gasteiger partial charge >= 0.3 is 90.3 Å². The summed E-state index contributed by atoms with van der Waals surface area (Å²) >= 11 is 1.22. The molecular weight excluding hydrogens is 323 g/mol. The van der Waals surface area contributed by atoms with Crippen molar-refractivity contribution in [3.05, 3.63) is 17.7 Å². The van der Waals surface area contributed by atoms with Crippen molar-refractivity contribution in [1.82, 2.24) is 4.90 Å². The van der Waals surface area contributed by atoms with Crippen LogP contribution in [-0.4, -0.2) is 62.8 Å². The van der Waals surface area contributed by atoms with Crippen LogP contribution in [0.4, 0.5) is 0 Å². The number of nitrogens with zero attached hydrogens (tertiary/aromatic N) is 2. The van der Waals surface area contributed by atoms with Crippen LogP contribution in [-0.2, 0) is 0 Å². The van der Waals surface area contributed by atoms with Gasteiger partial charge in [0.05, 0.1) is 0 Å². The molecule has 0 aliphatic rings. The summed E-state index contributed by atoms with van der Waals surface area (Å²) in [4.78, 5) is 2.00. The molecule has 0 aromatic heterocycles. The Morgan fingerprint density at radius 3 is 2.06 bits per heavy atom. The van der Waals surface area contributed by atoms with E-state index in [1.54, 1.807) is 20.3 Å². The molecule has 5 heteroatoms. The van der Waals surface area contributed by atoms with E-state index in [0.717, 1.165) is 3.58 Å². The Balaban J connectivity index is 0.000000557. The maximum atomic E-state index is 8.89. The van der Waals surface area contributed by atoms with Crippen LogP contribution in [0.5, 0.6) is 11.5 Å². The fourth-order valence-corrected chi connectivity index (χ4v) is 1.94. The second kappa shape index (κ2) is 8.20. The molecule has 0 saturated heterocycles. The molecule has 0 atom stereocenters. The monoisotopic (exact) mass is 341 g/mol. The average Bonchev–Trinajstić information content (AvgIpc) is 2.27. The van der Waals surface area contributed by atoms with E-state index < -0.39 is 0 Å². The van der Waals surface area contributed by atoms with Crippen LogP contribution in [0.1, 0.15) is 5.56 Å². The number of nitriles is 1. The van der Waals surface area contributed by atoms with Crippen LogP contribution < -0.4 is 13.1 Å². The van der Waals surface area contributed by atoms with Crippen molar-refractivity contribution in [3.8, 4) is 17.6 Å². The molecule has 17 heavy (non-hydrogen) atoms. The van der Waals surface area contributed by atoms with Crippen LogP contribution in [0.3, 0.4) is 0 Å². The molecule has 0 saturated carbocycles. The van der Waals surface area contributed by atoms with Crippen molar-refractivity contribution >= 4 is 26.1 Å². The number of methoxy groups -OCH3 is 2. The minimum absolute atomic E-state index is 0.472. The van der Waals surface area contributed by atoms with E-state index >= 15 is 0 Å². The molecule has 0 heterocycles. The first kappa shape index (κ1) is 16.1. The molecule has 0 amide bonds.